The van der Waals surface area contributed by atoms with Crippen molar-refractivity contribution >= 4 is 16.0 Å². The third-order valence-electron chi connectivity index (χ3n) is 3.80. The Labute approximate surface area is 172 Å². The number of halogens is 1. The van der Waals surface area contributed by atoms with Crippen LogP contribution in [-0.4, -0.2) is 27.6 Å². The molecule has 0 amide bonds. The molecule has 0 aliphatic rings. The van der Waals surface area contributed by atoms with Gasteiger partial charge in [-0.05, 0) is 60.7 Å². The first-order valence-corrected chi connectivity index (χ1v) is 10.3. The lowest BCUT2D eigenvalue weighted by Crippen LogP contribution is -2.13. The Bertz CT molecular complexity index is 1090. The average Bonchev–Trinajstić information content (AvgIpc) is 3.19. The van der Waals surface area contributed by atoms with Gasteiger partial charge in [-0.15, -0.1) is 0 Å². The van der Waals surface area contributed by atoms with Gasteiger partial charge in [0, 0.05) is 0 Å². The maximum atomic E-state index is 12.9. The average molecular weight is 435 g/mol. The zero-order valence-corrected chi connectivity index (χ0v) is 16.4. The number of primary sulfonamides is 1. The second-order valence-electron chi connectivity index (χ2n) is 6.01. The summed E-state index contributed by atoms with van der Waals surface area (Å²) in [5, 5.41) is 5.02. The lowest BCUT2D eigenvalue weighted by atomic mass is 10.3. The first-order chi connectivity index (χ1) is 14.3. The molecule has 0 radical (unpaired) electrons. The molecule has 0 saturated carbocycles. The molecule has 1 heterocycles. The fraction of sp³-hybridized carbons (Fsp3) is 0.150. The maximum absolute atomic E-state index is 12.9. The number of hydrogen-bond acceptors (Lipinski definition) is 7. The molecule has 2 N–H and O–H groups in total. The predicted octanol–water partition coefficient (Wildman–Crippen LogP) is 2.88. The Morgan fingerprint density at radius 1 is 0.900 bits per heavy atom. The van der Waals surface area contributed by atoms with Crippen molar-refractivity contribution in [2.24, 2.45) is 5.14 Å². The van der Waals surface area contributed by atoms with Crippen LogP contribution in [0.15, 0.2) is 70.0 Å². The van der Waals surface area contributed by atoms with Gasteiger partial charge in [0.05, 0.1) is 4.90 Å². The molecule has 3 aromatic rings. The molecule has 0 spiro atoms. The topological polar surface area (TPSA) is 118 Å². The number of furan rings is 1. The van der Waals surface area contributed by atoms with Gasteiger partial charge in [0.25, 0.3) is 0 Å². The number of esters is 1. The van der Waals surface area contributed by atoms with E-state index in [2.05, 4.69) is 0 Å². The van der Waals surface area contributed by atoms with Gasteiger partial charge in [-0.2, -0.15) is 0 Å². The van der Waals surface area contributed by atoms with Crippen molar-refractivity contribution < 1.29 is 36.2 Å². The monoisotopic (exact) mass is 435 g/mol. The van der Waals surface area contributed by atoms with Crippen molar-refractivity contribution in [3.05, 3.63) is 78.0 Å². The van der Waals surface area contributed by atoms with Gasteiger partial charge in [-0.25, -0.2) is 22.7 Å². The van der Waals surface area contributed by atoms with E-state index in [0.717, 1.165) is 0 Å². The first-order valence-electron chi connectivity index (χ1n) is 8.71. The molecule has 8 nitrogen and oxygen atoms in total. The lowest BCUT2D eigenvalue weighted by Gasteiger charge is -2.07. The van der Waals surface area contributed by atoms with Gasteiger partial charge >= 0.3 is 5.97 Å². The fourth-order valence-corrected chi connectivity index (χ4v) is 2.86. The van der Waals surface area contributed by atoms with Gasteiger partial charge in [0.1, 0.15) is 42.9 Å². The predicted molar refractivity (Wildman–Crippen MR) is 103 cm³/mol. The summed E-state index contributed by atoms with van der Waals surface area (Å²) in [5.74, 6) is 0.233. The molecular weight excluding hydrogens is 417 g/mol. The van der Waals surface area contributed by atoms with E-state index in [1.54, 1.807) is 6.07 Å². The molecule has 0 aliphatic carbocycles. The van der Waals surface area contributed by atoms with Crippen LogP contribution in [0.1, 0.15) is 16.3 Å². The number of carbonyl (C=O) groups excluding carboxylic acids is 1. The highest BCUT2D eigenvalue weighted by Crippen LogP contribution is 2.16. The summed E-state index contributed by atoms with van der Waals surface area (Å²) in [5.41, 5.74) is 0. The Balaban J connectivity index is 1.41. The van der Waals surface area contributed by atoms with E-state index >= 15 is 0 Å². The number of ether oxygens (including phenoxy) is 3. The highest BCUT2D eigenvalue weighted by molar-refractivity contribution is 7.89. The van der Waals surface area contributed by atoms with Gasteiger partial charge in [0.2, 0.25) is 15.8 Å². The molecule has 0 atom stereocenters. The Morgan fingerprint density at radius 2 is 1.53 bits per heavy atom. The van der Waals surface area contributed by atoms with E-state index in [1.807, 2.05) is 0 Å². The normalized spacial score (nSPS) is 11.1. The van der Waals surface area contributed by atoms with Crippen molar-refractivity contribution in [2.45, 2.75) is 11.5 Å². The molecule has 0 saturated heterocycles. The van der Waals surface area contributed by atoms with Crippen LogP contribution < -0.4 is 14.6 Å². The number of hydrogen-bond donors (Lipinski definition) is 1. The molecule has 0 bridgehead atoms. The Kier molecular flexibility index (Phi) is 6.70. The fourth-order valence-electron chi connectivity index (χ4n) is 2.34. The van der Waals surface area contributed by atoms with Crippen molar-refractivity contribution in [2.75, 3.05) is 13.2 Å². The van der Waals surface area contributed by atoms with Crippen molar-refractivity contribution in [3.63, 3.8) is 0 Å². The zero-order valence-electron chi connectivity index (χ0n) is 15.6. The van der Waals surface area contributed by atoms with E-state index in [0.29, 0.717) is 17.3 Å². The molecule has 158 valence electrons. The van der Waals surface area contributed by atoms with Crippen LogP contribution in [0, 0.1) is 5.82 Å². The molecule has 1 aromatic heterocycles. The van der Waals surface area contributed by atoms with Crippen LogP contribution in [0.4, 0.5) is 4.39 Å². The quantitative estimate of drug-likeness (QED) is 0.406. The van der Waals surface area contributed by atoms with Crippen molar-refractivity contribution in [1.29, 1.82) is 0 Å². The highest BCUT2D eigenvalue weighted by Gasteiger charge is 2.13. The van der Waals surface area contributed by atoms with Gasteiger partial charge < -0.3 is 18.6 Å². The van der Waals surface area contributed by atoms with Crippen LogP contribution in [0.3, 0.4) is 0 Å². The molecule has 10 heteroatoms. The Hall–Kier alpha value is -3.37. The summed E-state index contributed by atoms with van der Waals surface area (Å²) in [6.45, 7) is 0.0795. The molecule has 0 fully saturated rings. The smallest absolute Gasteiger partial charge is 0.374 e. The van der Waals surface area contributed by atoms with Crippen LogP contribution in [0.2, 0.25) is 0 Å². The SMILES string of the molecule is NS(=O)(=O)c1ccc(OCCOC(=O)c2ccc(COc3ccc(F)cc3)o2)cc1. The summed E-state index contributed by atoms with van der Waals surface area (Å²) in [7, 11) is -3.77. The van der Waals surface area contributed by atoms with Gasteiger partial charge in [-0.1, -0.05) is 0 Å². The maximum Gasteiger partial charge on any atom is 0.374 e. The first kappa shape index (κ1) is 21.3. The molecule has 0 unspecified atom stereocenters. The highest BCUT2D eigenvalue weighted by atomic mass is 32.2. The number of benzene rings is 2. The number of sulfonamides is 1. The number of rotatable bonds is 9. The standard InChI is InChI=1S/C20H18FNO7S/c21-14-1-3-16(4-2-14)28-13-17-7-10-19(29-17)20(23)27-12-11-26-15-5-8-18(9-6-15)30(22,24)25/h1-10H,11-13H2,(H2,22,24,25). The Morgan fingerprint density at radius 3 is 2.20 bits per heavy atom. The van der Waals surface area contributed by atoms with E-state index in [9.17, 15) is 17.6 Å². The van der Waals surface area contributed by atoms with Crippen LogP contribution in [0.25, 0.3) is 0 Å². The van der Waals surface area contributed by atoms with Crippen LogP contribution in [-0.2, 0) is 21.4 Å². The van der Waals surface area contributed by atoms with Crippen molar-refractivity contribution in [3.8, 4) is 11.5 Å². The second-order valence-corrected chi connectivity index (χ2v) is 7.57. The molecule has 3 rings (SSSR count). The largest absolute Gasteiger partial charge is 0.490 e. The van der Waals surface area contributed by atoms with Gasteiger partial charge in [-0.3, -0.25) is 0 Å². The van der Waals surface area contributed by atoms with Crippen molar-refractivity contribution in [1.82, 2.24) is 0 Å². The molecular formula is C20H18FNO7S. The third kappa shape index (κ3) is 6.06. The third-order valence-corrected chi connectivity index (χ3v) is 4.72. The summed E-state index contributed by atoms with van der Waals surface area (Å²) in [6.07, 6.45) is 0. The minimum Gasteiger partial charge on any atom is -0.490 e. The van der Waals surface area contributed by atoms with Crippen LogP contribution >= 0.6 is 0 Å². The number of carbonyl (C=O) groups is 1. The summed E-state index contributed by atoms with van der Waals surface area (Å²) in [4.78, 5) is 12.0. The summed E-state index contributed by atoms with van der Waals surface area (Å²) in [6, 6.07) is 14.1. The molecule has 30 heavy (non-hydrogen) atoms. The second kappa shape index (κ2) is 9.42. The van der Waals surface area contributed by atoms with Gasteiger partial charge in [0.15, 0.2) is 0 Å². The van der Waals surface area contributed by atoms with E-state index in [-0.39, 0.29) is 36.3 Å². The zero-order chi connectivity index (χ0) is 21.6. The van der Waals surface area contributed by atoms with E-state index < -0.39 is 16.0 Å². The van der Waals surface area contributed by atoms with Crippen LogP contribution in [0.5, 0.6) is 11.5 Å². The molecule has 0 aliphatic heterocycles. The minimum absolute atomic E-state index is 0.00483. The molecule has 2 aromatic carbocycles. The minimum atomic E-state index is -3.77. The summed E-state index contributed by atoms with van der Waals surface area (Å²) < 4.78 is 56.5. The van der Waals surface area contributed by atoms with E-state index in [4.69, 9.17) is 23.8 Å². The number of nitrogens with two attached hydrogens (primary N) is 1. The lowest BCUT2D eigenvalue weighted by molar-refractivity contribution is 0.0411. The summed E-state index contributed by atoms with van der Waals surface area (Å²) >= 11 is 0. The van der Waals surface area contributed by atoms with E-state index in [1.165, 1.54) is 54.6 Å².